The molecule has 5 heteroatoms. The van der Waals surface area contributed by atoms with Crippen molar-refractivity contribution in [1.29, 1.82) is 0 Å². The highest BCUT2D eigenvalue weighted by Crippen LogP contribution is 2.34. The van der Waals surface area contributed by atoms with E-state index >= 15 is 0 Å². The maximum absolute atomic E-state index is 12.3. The highest BCUT2D eigenvalue weighted by Gasteiger charge is 2.42. The third-order valence-electron chi connectivity index (χ3n) is 5.38. The van der Waals surface area contributed by atoms with Crippen LogP contribution < -0.4 is 4.90 Å². The number of aromatic hydroxyl groups is 1. The maximum Gasteiger partial charge on any atom is 0.190 e. The van der Waals surface area contributed by atoms with Crippen molar-refractivity contribution in [3.63, 3.8) is 0 Å². The van der Waals surface area contributed by atoms with Crippen LogP contribution in [0.1, 0.15) is 29.3 Å². The monoisotopic (exact) mass is 349 g/mol. The fraction of sp³-hybridized carbons (Fsp3) is 0.333. The number of piperazine rings is 1. The number of aromatic nitrogens is 1. The second-order valence-corrected chi connectivity index (χ2v) is 6.97. The van der Waals surface area contributed by atoms with Gasteiger partial charge in [-0.15, -0.1) is 0 Å². The molecular formula is C21H23N3O2. The minimum absolute atomic E-state index is 0.0258. The highest BCUT2D eigenvalue weighted by molar-refractivity contribution is 6.06. The average Bonchev–Trinajstić information content (AvgIpc) is 3.27. The first-order valence-corrected chi connectivity index (χ1v) is 9.13. The standard InChI is InChI=1S/C21H23N3O2/c1-2-15-7-8-21(22-12-15)24-14-16-11-17(24)13-23(16)10-9-20(26)18-5-3-4-6-19(18)25/h3-10,12,16-17,25H,2,11,13-14H2,1H3/b10-9+/t16-,17-/m1/s1. The van der Waals surface area contributed by atoms with Gasteiger partial charge in [-0.1, -0.05) is 25.1 Å². The Labute approximate surface area is 153 Å². The van der Waals surface area contributed by atoms with E-state index in [9.17, 15) is 9.90 Å². The molecule has 134 valence electrons. The molecule has 0 amide bonds. The number of phenols is 1. The van der Waals surface area contributed by atoms with Crippen molar-refractivity contribution in [2.75, 3.05) is 18.0 Å². The van der Waals surface area contributed by atoms with Gasteiger partial charge < -0.3 is 14.9 Å². The average molecular weight is 349 g/mol. The summed E-state index contributed by atoms with van der Waals surface area (Å²) in [6, 6.07) is 11.8. The van der Waals surface area contributed by atoms with Crippen LogP contribution in [0.5, 0.6) is 5.75 Å². The largest absolute Gasteiger partial charge is 0.507 e. The number of carbonyl (C=O) groups is 1. The summed E-state index contributed by atoms with van der Waals surface area (Å²) in [5.74, 6) is 0.904. The third kappa shape index (κ3) is 3.05. The fourth-order valence-electron chi connectivity index (χ4n) is 3.89. The number of fused-ring (bicyclic) bond motifs is 2. The Hall–Kier alpha value is -2.82. The molecule has 0 spiro atoms. The molecule has 1 aromatic heterocycles. The van der Waals surface area contributed by atoms with Gasteiger partial charge in [-0.25, -0.2) is 4.98 Å². The van der Waals surface area contributed by atoms with Gasteiger partial charge in [0.1, 0.15) is 11.6 Å². The molecule has 5 nitrogen and oxygen atoms in total. The van der Waals surface area contributed by atoms with Gasteiger partial charge in [0.15, 0.2) is 5.78 Å². The van der Waals surface area contributed by atoms with Gasteiger partial charge in [0.25, 0.3) is 0 Å². The predicted molar refractivity (Wildman–Crippen MR) is 101 cm³/mol. The van der Waals surface area contributed by atoms with Crippen LogP contribution in [0.25, 0.3) is 0 Å². The third-order valence-corrected chi connectivity index (χ3v) is 5.38. The van der Waals surface area contributed by atoms with Crippen LogP contribution in [0.3, 0.4) is 0 Å². The molecule has 2 aliphatic heterocycles. The van der Waals surface area contributed by atoms with Crippen molar-refractivity contribution in [2.45, 2.75) is 31.8 Å². The van der Waals surface area contributed by atoms with Gasteiger partial charge in [-0.05, 0) is 36.6 Å². The van der Waals surface area contributed by atoms with E-state index in [1.807, 2.05) is 12.4 Å². The molecule has 2 aliphatic rings. The summed E-state index contributed by atoms with van der Waals surface area (Å²) in [5, 5.41) is 9.79. The van der Waals surface area contributed by atoms with E-state index < -0.39 is 0 Å². The summed E-state index contributed by atoms with van der Waals surface area (Å²) in [4.78, 5) is 21.5. The Balaban J connectivity index is 1.40. The van der Waals surface area contributed by atoms with Gasteiger partial charge in [-0.3, -0.25) is 4.79 Å². The number of benzene rings is 1. The van der Waals surface area contributed by atoms with Crippen LogP contribution in [-0.4, -0.2) is 45.9 Å². The molecule has 2 aromatic rings. The molecule has 1 N–H and O–H groups in total. The van der Waals surface area contributed by atoms with Crippen LogP contribution in [0, 0.1) is 0 Å². The minimum atomic E-state index is -0.167. The number of allylic oxidation sites excluding steroid dienone is 1. The molecular weight excluding hydrogens is 326 g/mol. The summed E-state index contributed by atoms with van der Waals surface area (Å²) in [6.07, 6.45) is 7.50. The van der Waals surface area contributed by atoms with E-state index in [4.69, 9.17) is 0 Å². The van der Waals surface area contributed by atoms with E-state index in [2.05, 4.69) is 33.8 Å². The van der Waals surface area contributed by atoms with Gasteiger partial charge in [0.2, 0.25) is 0 Å². The number of para-hydroxylation sites is 1. The lowest BCUT2D eigenvalue weighted by Crippen LogP contribution is -2.44. The number of aryl methyl sites for hydroxylation is 1. The van der Waals surface area contributed by atoms with Crippen molar-refractivity contribution < 1.29 is 9.90 Å². The summed E-state index contributed by atoms with van der Waals surface area (Å²) in [6.45, 7) is 3.96. The second kappa shape index (κ2) is 6.83. The van der Waals surface area contributed by atoms with Crippen molar-refractivity contribution in [3.05, 3.63) is 66.0 Å². The van der Waals surface area contributed by atoms with Gasteiger partial charge >= 0.3 is 0 Å². The SMILES string of the molecule is CCc1ccc(N2C[C@H]3C[C@@H]2CN3/C=C/C(=O)c2ccccc2O)nc1. The van der Waals surface area contributed by atoms with E-state index in [1.165, 1.54) is 11.6 Å². The van der Waals surface area contributed by atoms with E-state index in [0.717, 1.165) is 31.7 Å². The van der Waals surface area contributed by atoms with Crippen LogP contribution in [0.15, 0.2) is 54.9 Å². The number of anilines is 1. The van der Waals surface area contributed by atoms with E-state index in [-0.39, 0.29) is 11.5 Å². The number of nitrogens with zero attached hydrogens (tertiary/aromatic N) is 3. The lowest BCUT2D eigenvalue weighted by atomic mass is 10.1. The molecule has 1 aromatic carbocycles. The Morgan fingerprint density at radius 1 is 1.23 bits per heavy atom. The molecule has 2 bridgehead atoms. The quantitative estimate of drug-likeness (QED) is 0.664. The van der Waals surface area contributed by atoms with Crippen LogP contribution in [0.2, 0.25) is 0 Å². The smallest absolute Gasteiger partial charge is 0.190 e. The Kier molecular flexibility index (Phi) is 4.37. The molecule has 26 heavy (non-hydrogen) atoms. The van der Waals surface area contributed by atoms with Crippen molar-refractivity contribution in [1.82, 2.24) is 9.88 Å². The predicted octanol–water partition coefficient (Wildman–Crippen LogP) is 3.01. The first-order chi connectivity index (χ1) is 12.7. The van der Waals surface area contributed by atoms with E-state index in [0.29, 0.717) is 17.6 Å². The molecule has 2 saturated heterocycles. The lowest BCUT2D eigenvalue weighted by Gasteiger charge is -2.34. The molecule has 2 fully saturated rings. The summed E-state index contributed by atoms with van der Waals surface area (Å²) < 4.78 is 0. The number of likely N-dealkylation sites (tertiary alicyclic amines) is 1. The normalized spacial score (nSPS) is 21.7. The fourth-order valence-corrected chi connectivity index (χ4v) is 3.89. The summed E-state index contributed by atoms with van der Waals surface area (Å²) in [7, 11) is 0. The zero-order chi connectivity index (χ0) is 18.1. The molecule has 4 rings (SSSR count). The second-order valence-electron chi connectivity index (χ2n) is 6.97. The number of phenolic OH excluding ortho intramolecular Hbond substituents is 1. The zero-order valence-electron chi connectivity index (χ0n) is 14.9. The van der Waals surface area contributed by atoms with Gasteiger partial charge in [-0.2, -0.15) is 0 Å². The minimum Gasteiger partial charge on any atom is -0.507 e. The first-order valence-electron chi connectivity index (χ1n) is 9.13. The Morgan fingerprint density at radius 2 is 2.08 bits per heavy atom. The van der Waals surface area contributed by atoms with E-state index in [1.54, 1.807) is 24.3 Å². The molecule has 3 heterocycles. The number of hydrogen-bond donors (Lipinski definition) is 1. The number of carbonyl (C=O) groups excluding carboxylic acids is 1. The highest BCUT2D eigenvalue weighted by atomic mass is 16.3. The topological polar surface area (TPSA) is 56.7 Å². The Bertz CT molecular complexity index is 831. The molecule has 0 radical (unpaired) electrons. The Morgan fingerprint density at radius 3 is 2.73 bits per heavy atom. The van der Waals surface area contributed by atoms with Crippen LogP contribution >= 0.6 is 0 Å². The lowest BCUT2D eigenvalue weighted by molar-refractivity contribution is 0.104. The van der Waals surface area contributed by atoms with Crippen LogP contribution in [-0.2, 0) is 6.42 Å². The number of pyridine rings is 1. The molecule has 2 atom stereocenters. The van der Waals surface area contributed by atoms with Gasteiger partial charge in [0, 0.05) is 43.6 Å². The molecule has 0 saturated carbocycles. The first kappa shape index (κ1) is 16.6. The maximum atomic E-state index is 12.3. The van der Waals surface area contributed by atoms with Crippen LogP contribution in [0.4, 0.5) is 5.82 Å². The van der Waals surface area contributed by atoms with Crippen molar-refractivity contribution >= 4 is 11.6 Å². The van der Waals surface area contributed by atoms with Crippen molar-refractivity contribution in [2.24, 2.45) is 0 Å². The molecule has 0 aliphatic carbocycles. The van der Waals surface area contributed by atoms with Crippen molar-refractivity contribution in [3.8, 4) is 5.75 Å². The number of hydrogen-bond acceptors (Lipinski definition) is 5. The summed E-state index contributed by atoms with van der Waals surface area (Å²) >= 11 is 0. The number of rotatable bonds is 5. The molecule has 0 unspecified atom stereocenters. The van der Waals surface area contributed by atoms with Gasteiger partial charge in [0.05, 0.1) is 5.56 Å². The number of ketones is 1. The zero-order valence-corrected chi connectivity index (χ0v) is 14.9. The summed E-state index contributed by atoms with van der Waals surface area (Å²) in [5.41, 5.74) is 1.60.